The summed E-state index contributed by atoms with van der Waals surface area (Å²) in [5.74, 6) is 2.17. The number of hydrogen-bond donors (Lipinski definition) is 2. The van der Waals surface area contributed by atoms with E-state index in [1.807, 2.05) is 13.8 Å². The number of hydrogen-bond acceptors (Lipinski definition) is 4. The van der Waals surface area contributed by atoms with E-state index in [-0.39, 0.29) is 11.5 Å². The molecule has 0 saturated carbocycles. The number of fused-ring (bicyclic) bond motifs is 2. The summed E-state index contributed by atoms with van der Waals surface area (Å²) in [6.07, 6.45) is 3.69. The summed E-state index contributed by atoms with van der Waals surface area (Å²) >= 11 is 3.73. The summed E-state index contributed by atoms with van der Waals surface area (Å²) < 4.78 is 13.7. The first-order valence-electron chi connectivity index (χ1n) is 9.76. The van der Waals surface area contributed by atoms with Crippen molar-refractivity contribution in [1.29, 1.82) is 0 Å². The monoisotopic (exact) mass is 434 g/mol. The zero-order valence-corrected chi connectivity index (χ0v) is 18.2. The lowest BCUT2D eigenvalue weighted by Gasteiger charge is -2.30. The molecule has 0 radical (unpaired) electrons. The van der Waals surface area contributed by atoms with E-state index in [0.717, 1.165) is 29.3 Å². The van der Waals surface area contributed by atoms with Crippen molar-refractivity contribution < 1.29 is 19.7 Å². The lowest BCUT2D eigenvalue weighted by molar-refractivity contribution is 0.332. The molecule has 0 aliphatic carbocycles. The fourth-order valence-electron chi connectivity index (χ4n) is 4.04. The second kappa shape index (κ2) is 7.63. The van der Waals surface area contributed by atoms with Gasteiger partial charge in [0, 0.05) is 16.7 Å². The van der Waals surface area contributed by atoms with Crippen molar-refractivity contribution in [3.05, 3.63) is 32.3 Å². The van der Waals surface area contributed by atoms with Crippen LogP contribution in [-0.2, 0) is 32.1 Å². The summed E-state index contributed by atoms with van der Waals surface area (Å²) in [5.41, 5.74) is 4.80. The molecule has 0 bridgehead atoms. The fourth-order valence-corrected chi connectivity index (χ4v) is 4.83. The zero-order chi connectivity index (χ0) is 19.9. The van der Waals surface area contributed by atoms with Crippen molar-refractivity contribution in [1.82, 2.24) is 0 Å². The number of halogens is 1. The van der Waals surface area contributed by atoms with Crippen LogP contribution in [0.4, 0.5) is 0 Å². The minimum absolute atomic E-state index is 0.113. The van der Waals surface area contributed by atoms with Crippen molar-refractivity contribution in [2.45, 2.75) is 66.7 Å². The van der Waals surface area contributed by atoms with Crippen LogP contribution in [0.3, 0.4) is 0 Å². The van der Waals surface area contributed by atoms with E-state index in [0.29, 0.717) is 47.0 Å². The number of rotatable bonds is 5. The van der Waals surface area contributed by atoms with E-state index in [1.54, 1.807) is 0 Å². The number of phenolic OH excluding ortho intramolecular Hbond substituents is 2. The molecule has 0 atom stereocenters. The third-order valence-electron chi connectivity index (χ3n) is 5.40. The predicted molar refractivity (Wildman–Crippen MR) is 111 cm³/mol. The maximum absolute atomic E-state index is 10.5. The second-order valence-corrected chi connectivity index (χ2v) is 7.49. The molecule has 5 heteroatoms. The Kier molecular flexibility index (Phi) is 5.61. The van der Waals surface area contributed by atoms with Gasteiger partial charge in [0.15, 0.2) is 34.5 Å². The van der Waals surface area contributed by atoms with Gasteiger partial charge in [0.25, 0.3) is 0 Å². The first-order valence-corrected chi connectivity index (χ1v) is 10.5. The molecule has 2 aromatic carbocycles. The van der Waals surface area contributed by atoms with Crippen LogP contribution < -0.4 is 9.47 Å². The highest BCUT2D eigenvalue weighted by Gasteiger charge is 2.33. The van der Waals surface area contributed by atoms with Crippen molar-refractivity contribution in [3.8, 4) is 34.5 Å². The van der Waals surface area contributed by atoms with Gasteiger partial charge in [-0.15, -0.1) is 0 Å². The van der Waals surface area contributed by atoms with Crippen LogP contribution in [0.25, 0.3) is 0 Å². The van der Waals surface area contributed by atoms with Crippen molar-refractivity contribution >= 4 is 15.9 Å². The van der Waals surface area contributed by atoms with Crippen molar-refractivity contribution in [3.63, 3.8) is 0 Å². The van der Waals surface area contributed by atoms with Crippen molar-refractivity contribution in [2.24, 2.45) is 0 Å². The molecule has 1 aliphatic heterocycles. The van der Waals surface area contributed by atoms with E-state index in [4.69, 9.17) is 9.47 Å². The highest BCUT2D eigenvalue weighted by Crippen LogP contribution is 2.58. The van der Waals surface area contributed by atoms with Crippen LogP contribution in [0, 0.1) is 0 Å². The molecular weight excluding hydrogens is 408 g/mol. The quantitative estimate of drug-likeness (QED) is 0.445. The minimum atomic E-state index is -0.118. The zero-order valence-electron chi connectivity index (χ0n) is 16.6. The normalized spacial score (nSPS) is 12.2. The highest BCUT2D eigenvalue weighted by atomic mass is 79.9. The molecule has 2 aromatic rings. The van der Waals surface area contributed by atoms with E-state index in [2.05, 4.69) is 36.7 Å². The first-order chi connectivity index (χ1) is 12.9. The highest BCUT2D eigenvalue weighted by molar-refractivity contribution is 9.10. The number of aromatic hydroxyl groups is 2. The Bertz CT molecular complexity index is 903. The summed E-state index contributed by atoms with van der Waals surface area (Å²) in [4.78, 5) is 0. The van der Waals surface area contributed by atoms with Gasteiger partial charge in [0.2, 0.25) is 0 Å². The molecular formula is C22H27BrO4. The van der Waals surface area contributed by atoms with Crippen LogP contribution in [0.1, 0.15) is 62.4 Å². The molecule has 0 amide bonds. The van der Waals surface area contributed by atoms with Gasteiger partial charge in [-0.1, -0.05) is 34.6 Å². The van der Waals surface area contributed by atoms with Crippen LogP contribution in [0.15, 0.2) is 4.47 Å². The molecule has 2 N–H and O–H groups in total. The molecule has 4 nitrogen and oxygen atoms in total. The van der Waals surface area contributed by atoms with Gasteiger partial charge in [-0.25, -0.2) is 0 Å². The average molecular weight is 435 g/mol. The molecule has 146 valence electrons. The summed E-state index contributed by atoms with van der Waals surface area (Å²) in [7, 11) is 0. The molecule has 3 rings (SSSR count). The Labute approximate surface area is 169 Å². The topological polar surface area (TPSA) is 58.9 Å². The van der Waals surface area contributed by atoms with Crippen LogP contribution in [-0.4, -0.2) is 10.2 Å². The van der Waals surface area contributed by atoms with Gasteiger partial charge >= 0.3 is 0 Å². The third-order valence-corrected chi connectivity index (χ3v) is 6.24. The predicted octanol–water partition coefficient (Wildman–Crippen LogP) is 6.57. The Hall–Kier alpha value is -1.88. The number of benzene rings is 2. The van der Waals surface area contributed by atoms with Gasteiger partial charge in [-0.05, 0) is 59.2 Å². The molecule has 0 saturated heterocycles. The first kappa shape index (κ1) is 19.9. The average Bonchev–Trinajstić information content (AvgIpc) is 2.68. The molecule has 1 heterocycles. The van der Waals surface area contributed by atoms with Gasteiger partial charge in [-0.2, -0.15) is 0 Å². The van der Waals surface area contributed by atoms with E-state index < -0.39 is 0 Å². The Morgan fingerprint density at radius 3 is 1.33 bits per heavy atom. The fraction of sp³-hybridized carbons (Fsp3) is 0.455. The van der Waals surface area contributed by atoms with Crippen LogP contribution in [0.2, 0.25) is 0 Å². The summed E-state index contributed by atoms with van der Waals surface area (Å²) in [6.45, 7) is 10.3. The molecule has 0 aromatic heterocycles. The van der Waals surface area contributed by atoms with E-state index >= 15 is 0 Å². The SMILES string of the molecule is CCc1c(Br)c2c(c(CC)c1CC)Oc1c(CC)c(O)c(O)c(CC)c1O2. The number of ether oxygens (including phenoxy) is 2. The van der Waals surface area contributed by atoms with Gasteiger partial charge in [0.05, 0.1) is 4.47 Å². The Morgan fingerprint density at radius 2 is 0.926 bits per heavy atom. The lowest BCUT2D eigenvalue weighted by atomic mass is 9.93. The standard InChI is InChI=1S/C22H27BrO4/c1-6-11-12(7-2)16(23)22-19(13(11)8-3)26-20-14(9-4)17(24)18(25)15(10-5)21(20)27-22/h24-25H,6-10H2,1-5H3. The molecule has 1 aliphatic rings. The van der Waals surface area contributed by atoms with Gasteiger partial charge in [-0.3, -0.25) is 0 Å². The number of phenols is 2. The second-order valence-electron chi connectivity index (χ2n) is 6.69. The van der Waals surface area contributed by atoms with Gasteiger partial charge < -0.3 is 19.7 Å². The van der Waals surface area contributed by atoms with Crippen LogP contribution >= 0.6 is 15.9 Å². The molecule has 0 spiro atoms. The summed E-state index contributed by atoms with van der Waals surface area (Å²) in [6, 6.07) is 0. The van der Waals surface area contributed by atoms with E-state index in [9.17, 15) is 10.2 Å². The Morgan fingerprint density at radius 1 is 0.556 bits per heavy atom. The summed E-state index contributed by atoms with van der Waals surface area (Å²) in [5, 5.41) is 21.0. The minimum Gasteiger partial charge on any atom is -0.504 e. The third kappa shape index (κ3) is 2.87. The largest absolute Gasteiger partial charge is 0.504 e. The maximum Gasteiger partial charge on any atom is 0.184 e. The molecule has 0 unspecified atom stereocenters. The maximum atomic E-state index is 10.5. The molecule has 0 fully saturated rings. The molecule has 27 heavy (non-hydrogen) atoms. The van der Waals surface area contributed by atoms with Crippen molar-refractivity contribution in [2.75, 3.05) is 0 Å². The van der Waals surface area contributed by atoms with Gasteiger partial charge in [0.1, 0.15) is 0 Å². The Balaban J connectivity index is 2.35. The smallest absolute Gasteiger partial charge is 0.184 e. The van der Waals surface area contributed by atoms with Crippen LogP contribution in [0.5, 0.6) is 34.5 Å². The lowest BCUT2D eigenvalue weighted by Crippen LogP contribution is -2.11. The van der Waals surface area contributed by atoms with E-state index in [1.165, 1.54) is 11.1 Å².